The number of aromatic nitrogens is 1. The zero-order chi connectivity index (χ0) is 11.0. The van der Waals surface area contributed by atoms with Crippen molar-refractivity contribution in [2.45, 2.75) is 33.0 Å². The van der Waals surface area contributed by atoms with Crippen LogP contribution in [0.1, 0.15) is 31.3 Å². The summed E-state index contributed by atoms with van der Waals surface area (Å²) in [7, 11) is 0. The lowest BCUT2D eigenvalue weighted by Crippen LogP contribution is -2.27. The van der Waals surface area contributed by atoms with E-state index in [9.17, 15) is 4.79 Å². The number of H-pyrrole nitrogens is 1. The first-order valence-corrected chi connectivity index (χ1v) is 5.44. The van der Waals surface area contributed by atoms with Crippen LogP contribution in [0.2, 0.25) is 0 Å². The average molecular weight is 207 g/mol. The number of rotatable bonds is 2. The maximum atomic E-state index is 12.2. The van der Waals surface area contributed by atoms with E-state index >= 15 is 0 Å². The highest BCUT2D eigenvalue weighted by Crippen LogP contribution is 2.34. The van der Waals surface area contributed by atoms with Crippen LogP contribution in [0.4, 0.5) is 0 Å². The van der Waals surface area contributed by atoms with Crippen molar-refractivity contribution in [3.05, 3.63) is 24.0 Å². The molecule has 1 aromatic rings. The Kier molecular flexibility index (Phi) is 2.65. The fourth-order valence-corrected chi connectivity index (χ4v) is 2.38. The number of hydrogen-bond donors (Lipinski definition) is 1. The van der Waals surface area contributed by atoms with E-state index < -0.39 is 0 Å². The summed E-state index contributed by atoms with van der Waals surface area (Å²) in [5.74, 6) is 0.443. The lowest BCUT2D eigenvalue weighted by Gasteiger charge is -2.15. The Hall–Kier alpha value is -1.09. The molecule has 2 heterocycles. The molecular weight excluding hydrogens is 190 g/mol. The Morgan fingerprint density at radius 1 is 1.33 bits per heavy atom. The Morgan fingerprint density at radius 3 is 2.53 bits per heavy atom. The summed E-state index contributed by atoms with van der Waals surface area (Å²) < 4.78 is 5.67. The molecule has 0 amide bonds. The predicted molar refractivity (Wildman–Crippen MR) is 57.8 cm³/mol. The van der Waals surface area contributed by atoms with Gasteiger partial charge in [-0.2, -0.15) is 0 Å². The van der Waals surface area contributed by atoms with Crippen molar-refractivity contribution in [2.24, 2.45) is 11.8 Å². The first-order chi connectivity index (χ1) is 7.11. The van der Waals surface area contributed by atoms with E-state index in [-0.39, 0.29) is 29.8 Å². The Morgan fingerprint density at radius 2 is 2.07 bits per heavy atom. The summed E-state index contributed by atoms with van der Waals surface area (Å²) in [4.78, 5) is 15.1. The van der Waals surface area contributed by atoms with Crippen molar-refractivity contribution in [1.82, 2.24) is 4.98 Å². The van der Waals surface area contributed by atoms with Gasteiger partial charge in [0.15, 0.2) is 5.78 Å². The number of hydrogen-bond acceptors (Lipinski definition) is 2. The summed E-state index contributed by atoms with van der Waals surface area (Å²) in [5, 5.41) is 0. The average Bonchev–Trinajstić information content (AvgIpc) is 2.76. The van der Waals surface area contributed by atoms with Gasteiger partial charge < -0.3 is 9.72 Å². The monoisotopic (exact) mass is 207 g/mol. The molecule has 82 valence electrons. The third-order valence-corrected chi connectivity index (χ3v) is 3.41. The van der Waals surface area contributed by atoms with Crippen molar-refractivity contribution in [2.75, 3.05) is 0 Å². The minimum Gasteiger partial charge on any atom is -0.374 e. The number of Topliss-reactive ketones (excluding diaryl/α,β-unsaturated/α-hetero) is 1. The molecule has 0 saturated carbocycles. The molecule has 4 atom stereocenters. The van der Waals surface area contributed by atoms with Crippen LogP contribution in [-0.4, -0.2) is 23.0 Å². The predicted octanol–water partition coefficient (Wildman–Crippen LogP) is 2.26. The van der Waals surface area contributed by atoms with Crippen LogP contribution in [0, 0.1) is 11.8 Å². The zero-order valence-electron chi connectivity index (χ0n) is 9.36. The standard InChI is InChI=1S/C12H17NO2/c1-7-8(2)15-9(3)11(7)12(14)10-5-4-6-13-10/h4-9,11,13H,1-3H3. The third-order valence-electron chi connectivity index (χ3n) is 3.41. The highest BCUT2D eigenvalue weighted by Gasteiger charge is 2.41. The summed E-state index contributed by atoms with van der Waals surface area (Å²) in [6, 6.07) is 3.67. The van der Waals surface area contributed by atoms with Crippen LogP contribution >= 0.6 is 0 Å². The van der Waals surface area contributed by atoms with Crippen LogP contribution in [0.3, 0.4) is 0 Å². The van der Waals surface area contributed by atoms with Crippen LogP contribution in [0.15, 0.2) is 18.3 Å². The van der Waals surface area contributed by atoms with Gasteiger partial charge in [-0.3, -0.25) is 4.79 Å². The minimum atomic E-state index is -0.0151. The fraction of sp³-hybridized carbons (Fsp3) is 0.583. The maximum Gasteiger partial charge on any atom is 0.185 e. The van der Waals surface area contributed by atoms with Crippen LogP contribution in [0.5, 0.6) is 0 Å². The minimum absolute atomic E-state index is 0.0151. The first-order valence-electron chi connectivity index (χ1n) is 5.44. The largest absolute Gasteiger partial charge is 0.374 e. The van der Waals surface area contributed by atoms with E-state index in [4.69, 9.17) is 4.74 Å². The van der Waals surface area contributed by atoms with Gasteiger partial charge in [0.2, 0.25) is 0 Å². The first kappa shape index (κ1) is 10.4. The highest BCUT2D eigenvalue weighted by atomic mass is 16.5. The number of ketones is 1. The van der Waals surface area contributed by atoms with Crippen LogP contribution in [0.25, 0.3) is 0 Å². The maximum absolute atomic E-state index is 12.2. The summed E-state index contributed by atoms with van der Waals surface area (Å²) in [6.45, 7) is 6.09. The number of carbonyl (C=O) groups is 1. The van der Waals surface area contributed by atoms with E-state index in [1.807, 2.05) is 26.0 Å². The van der Waals surface area contributed by atoms with Gasteiger partial charge in [0.05, 0.1) is 23.8 Å². The smallest absolute Gasteiger partial charge is 0.185 e. The number of carbonyl (C=O) groups excluding carboxylic acids is 1. The number of nitrogens with one attached hydrogen (secondary N) is 1. The molecular formula is C12H17NO2. The molecule has 2 rings (SSSR count). The molecule has 0 aromatic carbocycles. The van der Waals surface area contributed by atoms with E-state index in [1.54, 1.807) is 6.20 Å². The van der Waals surface area contributed by atoms with Gasteiger partial charge in [0, 0.05) is 6.20 Å². The molecule has 1 saturated heterocycles. The van der Waals surface area contributed by atoms with Gasteiger partial charge >= 0.3 is 0 Å². The fourth-order valence-electron chi connectivity index (χ4n) is 2.38. The molecule has 1 aliphatic rings. The zero-order valence-corrected chi connectivity index (χ0v) is 9.36. The van der Waals surface area contributed by atoms with E-state index in [2.05, 4.69) is 11.9 Å². The van der Waals surface area contributed by atoms with Crippen molar-refractivity contribution >= 4 is 5.78 Å². The molecule has 0 radical (unpaired) electrons. The summed E-state index contributed by atoms with van der Waals surface area (Å²) >= 11 is 0. The van der Waals surface area contributed by atoms with Crippen LogP contribution < -0.4 is 0 Å². The van der Waals surface area contributed by atoms with Crippen molar-refractivity contribution in [1.29, 1.82) is 0 Å². The lowest BCUT2D eigenvalue weighted by molar-refractivity contribution is 0.0490. The summed E-state index contributed by atoms with van der Waals surface area (Å²) in [5.41, 5.74) is 0.691. The molecule has 1 fully saturated rings. The Bertz CT molecular complexity index is 345. The summed E-state index contributed by atoms with van der Waals surface area (Å²) in [6.07, 6.45) is 1.97. The SMILES string of the molecule is CC1OC(C)C(C(=O)c2ccc[nH]2)C1C. The van der Waals surface area contributed by atoms with Crippen molar-refractivity contribution in [3.63, 3.8) is 0 Å². The van der Waals surface area contributed by atoms with Gasteiger partial charge in [-0.15, -0.1) is 0 Å². The number of aromatic amines is 1. The molecule has 1 aliphatic heterocycles. The number of ether oxygens (including phenoxy) is 1. The van der Waals surface area contributed by atoms with Gasteiger partial charge in [-0.05, 0) is 31.9 Å². The lowest BCUT2D eigenvalue weighted by atomic mass is 9.85. The molecule has 3 nitrogen and oxygen atoms in total. The Balaban J connectivity index is 2.20. The van der Waals surface area contributed by atoms with Crippen molar-refractivity contribution in [3.8, 4) is 0 Å². The highest BCUT2D eigenvalue weighted by molar-refractivity contribution is 5.97. The third kappa shape index (κ3) is 1.72. The second kappa shape index (κ2) is 3.81. The Labute approximate surface area is 89.8 Å². The van der Waals surface area contributed by atoms with E-state index in [1.165, 1.54) is 0 Å². The normalized spacial score (nSPS) is 35.7. The molecule has 0 spiro atoms. The van der Waals surface area contributed by atoms with E-state index in [0.717, 1.165) is 0 Å². The molecule has 0 aliphatic carbocycles. The van der Waals surface area contributed by atoms with Gasteiger partial charge in [0.1, 0.15) is 0 Å². The van der Waals surface area contributed by atoms with E-state index in [0.29, 0.717) is 5.69 Å². The van der Waals surface area contributed by atoms with Gasteiger partial charge in [-0.1, -0.05) is 6.92 Å². The quantitative estimate of drug-likeness (QED) is 0.756. The molecule has 15 heavy (non-hydrogen) atoms. The molecule has 0 bridgehead atoms. The second-order valence-corrected chi connectivity index (χ2v) is 4.38. The molecule has 4 unspecified atom stereocenters. The molecule has 1 aromatic heterocycles. The van der Waals surface area contributed by atoms with Gasteiger partial charge in [0.25, 0.3) is 0 Å². The molecule has 3 heteroatoms. The van der Waals surface area contributed by atoms with Crippen molar-refractivity contribution < 1.29 is 9.53 Å². The van der Waals surface area contributed by atoms with Gasteiger partial charge in [-0.25, -0.2) is 0 Å². The second-order valence-electron chi connectivity index (χ2n) is 4.38. The topological polar surface area (TPSA) is 42.1 Å². The van der Waals surface area contributed by atoms with Crippen LogP contribution in [-0.2, 0) is 4.74 Å². The molecule has 1 N–H and O–H groups in total.